The van der Waals surface area contributed by atoms with Crippen molar-refractivity contribution in [3.63, 3.8) is 0 Å². The largest absolute Gasteiger partial charge is 0.497 e. The SMILES string of the molecule is COc1ccc(C(=O)N2CCC3(CC2)CC(Cc2nc(C)no2)CCO3)c(OC)c1. The van der Waals surface area contributed by atoms with Crippen molar-refractivity contribution in [3.05, 3.63) is 35.5 Å². The highest BCUT2D eigenvalue weighted by atomic mass is 16.5. The van der Waals surface area contributed by atoms with E-state index < -0.39 is 0 Å². The standard InChI is InChI=1S/C22H29N3O5/c1-15-23-20(30-24-15)12-16-6-11-29-22(14-16)7-9-25(10-8-22)21(26)18-5-4-17(27-2)13-19(18)28-3/h4-5,13,16H,6-12,14H2,1-3H3. The van der Waals surface area contributed by atoms with E-state index in [4.69, 9.17) is 18.7 Å². The third kappa shape index (κ3) is 4.28. The van der Waals surface area contributed by atoms with Crippen LogP contribution in [0, 0.1) is 12.8 Å². The van der Waals surface area contributed by atoms with Crippen LogP contribution in [0.15, 0.2) is 22.7 Å². The monoisotopic (exact) mass is 415 g/mol. The Hall–Kier alpha value is -2.61. The van der Waals surface area contributed by atoms with Gasteiger partial charge in [-0.1, -0.05) is 5.16 Å². The zero-order valence-corrected chi connectivity index (χ0v) is 17.8. The molecule has 8 heteroatoms. The van der Waals surface area contributed by atoms with E-state index in [0.29, 0.717) is 47.8 Å². The van der Waals surface area contributed by atoms with Crippen molar-refractivity contribution < 1.29 is 23.5 Å². The molecule has 1 spiro atoms. The number of aryl methyl sites for hydroxylation is 1. The molecular formula is C22H29N3O5. The van der Waals surface area contributed by atoms with Gasteiger partial charge in [-0.3, -0.25) is 4.79 Å². The van der Waals surface area contributed by atoms with Gasteiger partial charge in [0, 0.05) is 32.2 Å². The molecule has 0 bridgehead atoms. The maximum absolute atomic E-state index is 13.1. The van der Waals surface area contributed by atoms with E-state index in [1.165, 1.54) is 0 Å². The molecule has 0 N–H and O–H groups in total. The van der Waals surface area contributed by atoms with Crippen molar-refractivity contribution in [2.75, 3.05) is 33.9 Å². The first-order chi connectivity index (χ1) is 14.5. The van der Waals surface area contributed by atoms with Crippen LogP contribution in [0.25, 0.3) is 0 Å². The number of carbonyl (C=O) groups excluding carboxylic acids is 1. The second-order valence-corrected chi connectivity index (χ2v) is 8.19. The van der Waals surface area contributed by atoms with Crippen molar-refractivity contribution in [1.29, 1.82) is 0 Å². The smallest absolute Gasteiger partial charge is 0.257 e. The van der Waals surface area contributed by atoms with Crippen LogP contribution < -0.4 is 9.47 Å². The Morgan fingerprint density at radius 2 is 2.07 bits per heavy atom. The molecule has 1 unspecified atom stereocenters. The van der Waals surface area contributed by atoms with Crippen LogP contribution in [0.2, 0.25) is 0 Å². The average Bonchev–Trinajstić information content (AvgIpc) is 3.18. The molecule has 1 aromatic heterocycles. The van der Waals surface area contributed by atoms with Crippen LogP contribution in [0.5, 0.6) is 11.5 Å². The van der Waals surface area contributed by atoms with Crippen molar-refractivity contribution >= 4 is 5.91 Å². The predicted octanol–water partition coefficient (Wildman–Crippen LogP) is 3.04. The van der Waals surface area contributed by atoms with E-state index >= 15 is 0 Å². The summed E-state index contributed by atoms with van der Waals surface area (Å²) >= 11 is 0. The Morgan fingerprint density at radius 1 is 1.27 bits per heavy atom. The van der Waals surface area contributed by atoms with Gasteiger partial charge in [-0.05, 0) is 50.7 Å². The lowest BCUT2D eigenvalue weighted by Crippen LogP contribution is -2.51. The Bertz CT molecular complexity index is 889. The topological polar surface area (TPSA) is 86.9 Å². The lowest BCUT2D eigenvalue weighted by atomic mass is 9.78. The minimum absolute atomic E-state index is 0.0157. The van der Waals surface area contributed by atoms with Crippen LogP contribution >= 0.6 is 0 Å². The van der Waals surface area contributed by atoms with E-state index in [9.17, 15) is 4.79 Å². The summed E-state index contributed by atoms with van der Waals surface area (Å²) in [6, 6.07) is 5.30. The molecule has 3 heterocycles. The lowest BCUT2D eigenvalue weighted by molar-refractivity contribution is -0.124. The molecule has 8 nitrogen and oxygen atoms in total. The van der Waals surface area contributed by atoms with E-state index in [-0.39, 0.29) is 11.5 Å². The second kappa shape index (κ2) is 8.63. The van der Waals surface area contributed by atoms with Gasteiger partial charge in [0.25, 0.3) is 5.91 Å². The number of hydrogen-bond donors (Lipinski definition) is 0. The maximum Gasteiger partial charge on any atom is 0.257 e. The van der Waals surface area contributed by atoms with Crippen molar-refractivity contribution in [2.45, 2.75) is 44.6 Å². The second-order valence-electron chi connectivity index (χ2n) is 8.19. The van der Waals surface area contributed by atoms with Gasteiger partial charge in [0.2, 0.25) is 5.89 Å². The van der Waals surface area contributed by atoms with E-state index in [1.54, 1.807) is 32.4 Å². The lowest BCUT2D eigenvalue weighted by Gasteiger charge is -2.46. The van der Waals surface area contributed by atoms with Gasteiger partial charge in [0.1, 0.15) is 11.5 Å². The first kappa shape index (κ1) is 20.7. The molecular weight excluding hydrogens is 386 g/mol. The molecule has 4 rings (SSSR count). The number of ether oxygens (including phenoxy) is 3. The number of amides is 1. The van der Waals surface area contributed by atoms with Crippen LogP contribution in [0.4, 0.5) is 0 Å². The normalized spacial score (nSPS) is 20.9. The average molecular weight is 415 g/mol. The minimum atomic E-state index is -0.168. The molecule has 1 aromatic carbocycles. The van der Waals surface area contributed by atoms with Gasteiger partial charge in [0.15, 0.2) is 5.82 Å². The van der Waals surface area contributed by atoms with Crippen LogP contribution in [0.3, 0.4) is 0 Å². The predicted molar refractivity (Wildman–Crippen MR) is 109 cm³/mol. The summed E-state index contributed by atoms with van der Waals surface area (Å²) < 4.78 is 22.2. The molecule has 2 aliphatic rings. The van der Waals surface area contributed by atoms with Gasteiger partial charge >= 0.3 is 0 Å². The summed E-state index contributed by atoms with van der Waals surface area (Å²) in [5.41, 5.74) is 0.391. The molecule has 0 saturated carbocycles. The van der Waals surface area contributed by atoms with E-state index in [1.807, 2.05) is 11.8 Å². The fourth-order valence-electron chi connectivity index (χ4n) is 4.58. The molecule has 2 aliphatic heterocycles. The van der Waals surface area contributed by atoms with Crippen LogP contribution in [-0.2, 0) is 11.2 Å². The third-order valence-corrected chi connectivity index (χ3v) is 6.23. The molecule has 162 valence electrons. The van der Waals surface area contributed by atoms with Gasteiger partial charge in [-0.15, -0.1) is 0 Å². The van der Waals surface area contributed by atoms with E-state index in [0.717, 1.165) is 38.7 Å². The highest BCUT2D eigenvalue weighted by Crippen LogP contribution is 2.39. The molecule has 1 atom stereocenters. The summed E-state index contributed by atoms with van der Waals surface area (Å²) in [7, 11) is 3.16. The van der Waals surface area contributed by atoms with Gasteiger partial charge in [-0.2, -0.15) is 4.98 Å². The highest BCUT2D eigenvalue weighted by Gasteiger charge is 2.41. The molecule has 0 aliphatic carbocycles. The molecule has 30 heavy (non-hydrogen) atoms. The maximum atomic E-state index is 13.1. The first-order valence-electron chi connectivity index (χ1n) is 10.5. The number of nitrogens with zero attached hydrogens (tertiary/aromatic N) is 3. The summed E-state index contributed by atoms with van der Waals surface area (Å²) in [5.74, 6) is 3.02. The van der Waals surface area contributed by atoms with E-state index in [2.05, 4.69) is 10.1 Å². The van der Waals surface area contributed by atoms with Gasteiger partial charge in [0.05, 0.1) is 25.4 Å². The number of piperidine rings is 1. The van der Waals surface area contributed by atoms with Gasteiger partial charge in [-0.25, -0.2) is 0 Å². The Morgan fingerprint density at radius 3 is 2.73 bits per heavy atom. The van der Waals surface area contributed by atoms with Crippen molar-refractivity contribution in [2.24, 2.45) is 5.92 Å². The fourth-order valence-corrected chi connectivity index (χ4v) is 4.58. The molecule has 0 radical (unpaired) electrons. The van der Waals surface area contributed by atoms with Crippen LogP contribution in [-0.4, -0.2) is 60.5 Å². The molecule has 2 saturated heterocycles. The number of hydrogen-bond acceptors (Lipinski definition) is 7. The van der Waals surface area contributed by atoms with Crippen molar-refractivity contribution in [3.8, 4) is 11.5 Å². The number of benzene rings is 1. The first-order valence-corrected chi connectivity index (χ1v) is 10.5. The molecule has 2 fully saturated rings. The fraction of sp³-hybridized carbons (Fsp3) is 0.591. The number of likely N-dealkylation sites (tertiary alicyclic amines) is 1. The number of aromatic nitrogens is 2. The number of rotatable bonds is 5. The summed E-state index contributed by atoms with van der Waals surface area (Å²) in [4.78, 5) is 19.3. The summed E-state index contributed by atoms with van der Waals surface area (Å²) in [6.07, 6.45) is 4.40. The third-order valence-electron chi connectivity index (χ3n) is 6.23. The van der Waals surface area contributed by atoms with Gasteiger partial charge < -0.3 is 23.6 Å². The van der Waals surface area contributed by atoms with Crippen molar-refractivity contribution in [1.82, 2.24) is 15.0 Å². The highest BCUT2D eigenvalue weighted by molar-refractivity contribution is 5.97. The quantitative estimate of drug-likeness (QED) is 0.742. The Labute approximate surface area is 176 Å². The molecule has 2 aromatic rings. The number of carbonyl (C=O) groups is 1. The number of methoxy groups -OCH3 is 2. The summed E-state index contributed by atoms with van der Waals surface area (Å²) in [6.45, 7) is 3.90. The summed E-state index contributed by atoms with van der Waals surface area (Å²) in [5, 5.41) is 3.89. The zero-order chi connectivity index (χ0) is 21.1. The minimum Gasteiger partial charge on any atom is -0.497 e. The van der Waals surface area contributed by atoms with Crippen LogP contribution in [0.1, 0.15) is 47.8 Å². The zero-order valence-electron chi connectivity index (χ0n) is 17.8. The molecule has 1 amide bonds. The Balaban J connectivity index is 1.38. The Kier molecular flexibility index (Phi) is 5.94.